The topological polar surface area (TPSA) is 135 Å². The Hall–Kier alpha value is -3.40. The molecule has 0 aliphatic rings. The Balaban J connectivity index is 1.92. The van der Waals surface area contributed by atoms with Crippen molar-refractivity contribution >= 4 is 29.5 Å². The number of carbonyl (C=O) groups is 1. The molecular weight excluding hydrogens is 374 g/mol. The number of aryl methyl sites for hydroxylation is 2. The van der Waals surface area contributed by atoms with Gasteiger partial charge in [-0.15, -0.1) is 10.2 Å². The standard InChI is InChI=1S/C17H13N3O6S/c1-9-3-4-11(20(23)24)7-13(9)14-6-5-12(26-14)8-15(16(21)22)27-17-19-18-10(2)25-17/h3-8H,1-2H3,(H,21,22)/p-1/b15-8+. The quantitative estimate of drug-likeness (QED) is 0.271. The van der Waals surface area contributed by atoms with Crippen LogP contribution in [-0.2, 0) is 4.79 Å². The minimum atomic E-state index is -1.43. The molecule has 0 N–H and O–H groups in total. The number of carbonyl (C=O) groups excluding carboxylic acids is 1. The van der Waals surface area contributed by atoms with Crippen LogP contribution in [0.15, 0.2) is 49.3 Å². The molecule has 2 heterocycles. The molecular formula is C17H12N3O6S-. The number of carboxylic acids is 1. The van der Waals surface area contributed by atoms with Crippen LogP contribution in [0.2, 0.25) is 0 Å². The van der Waals surface area contributed by atoms with Crippen LogP contribution in [0.4, 0.5) is 5.69 Å². The minimum Gasteiger partial charge on any atom is -0.544 e. The van der Waals surface area contributed by atoms with Crippen molar-refractivity contribution in [3.8, 4) is 11.3 Å². The van der Waals surface area contributed by atoms with Crippen LogP contribution >= 0.6 is 11.8 Å². The van der Waals surface area contributed by atoms with Crippen molar-refractivity contribution in [1.29, 1.82) is 0 Å². The zero-order valence-electron chi connectivity index (χ0n) is 14.2. The van der Waals surface area contributed by atoms with Crippen LogP contribution in [-0.4, -0.2) is 21.1 Å². The van der Waals surface area contributed by atoms with Crippen LogP contribution in [0.1, 0.15) is 17.2 Å². The van der Waals surface area contributed by atoms with Gasteiger partial charge in [0.25, 0.3) is 10.9 Å². The highest BCUT2D eigenvalue weighted by Crippen LogP contribution is 2.31. The van der Waals surface area contributed by atoms with E-state index in [4.69, 9.17) is 8.83 Å². The van der Waals surface area contributed by atoms with E-state index in [-0.39, 0.29) is 21.6 Å². The first-order chi connectivity index (χ1) is 12.8. The van der Waals surface area contributed by atoms with Gasteiger partial charge in [0.15, 0.2) is 0 Å². The van der Waals surface area contributed by atoms with E-state index in [0.717, 1.165) is 17.3 Å². The second kappa shape index (κ2) is 7.46. The van der Waals surface area contributed by atoms with E-state index in [1.165, 1.54) is 18.2 Å². The number of thioether (sulfide) groups is 1. The molecule has 0 aliphatic carbocycles. The Morgan fingerprint density at radius 1 is 1.19 bits per heavy atom. The highest BCUT2D eigenvalue weighted by molar-refractivity contribution is 8.03. The van der Waals surface area contributed by atoms with E-state index in [0.29, 0.717) is 17.2 Å². The van der Waals surface area contributed by atoms with E-state index < -0.39 is 10.9 Å². The summed E-state index contributed by atoms with van der Waals surface area (Å²) in [5.41, 5.74) is 1.25. The van der Waals surface area contributed by atoms with Gasteiger partial charge in [-0.25, -0.2) is 0 Å². The molecule has 1 aromatic carbocycles. The third-order valence-electron chi connectivity index (χ3n) is 3.50. The molecule has 0 fully saturated rings. The third-order valence-corrected chi connectivity index (χ3v) is 4.35. The summed E-state index contributed by atoms with van der Waals surface area (Å²) >= 11 is 0.737. The molecule has 2 aromatic heterocycles. The van der Waals surface area contributed by atoms with E-state index in [2.05, 4.69) is 10.2 Å². The zero-order valence-corrected chi connectivity index (χ0v) is 15.0. The van der Waals surface area contributed by atoms with Gasteiger partial charge in [0.05, 0.1) is 10.9 Å². The number of nitrogens with zero attached hydrogens (tertiary/aromatic N) is 3. The summed E-state index contributed by atoms with van der Waals surface area (Å²) in [6, 6.07) is 7.57. The van der Waals surface area contributed by atoms with Crippen molar-refractivity contribution in [1.82, 2.24) is 10.2 Å². The Bertz CT molecular complexity index is 1050. The van der Waals surface area contributed by atoms with Crippen LogP contribution in [0.25, 0.3) is 17.4 Å². The number of aliphatic carboxylic acids is 1. The molecule has 9 nitrogen and oxygen atoms in total. The van der Waals surface area contributed by atoms with E-state index in [1.54, 1.807) is 32.0 Å². The van der Waals surface area contributed by atoms with Gasteiger partial charge < -0.3 is 18.7 Å². The fourth-order valence-corrected chi connectivity index (χ4v) is 2.93. The van der Waals surface area contributed by atoms with Crippen LogP contribution in [0.5, 0.6) is 0 Å². The normalized spacial score (nSPS) is 11.6. The molecule has 0 aliphatic heterocycles. The predicted octanol–water partition coefficient (Wildman–Crippen LogP) is 2.74. The van der Waals surface area contributed by atoms with Crippen molar-refractivity contribution in [2.75, 3.05) is 0 Å². The van der Waals surface area contributed by atoms with Crippen molar-refractivity contribution in [3.63, 3.8) is 0 Å². The molecule has 0 saturated carbocycles. The third kappa shape index (κ3) is 4.23. The molecule has 27 heavy (non-hydrogen) atoms. The first-order valence-electron chi connectivity index (χ1n) is 7.60. The number of nitro benzene ring substituents is 1. The lowest BCUT2D eigenvalue weighted by molar-refractivity contribution is -0.384. The van der Waals surface area contributed by atoms with Gasteiger partial charge in [-0.1, -0.05) is 6.07 Å². The SMILES string of the molecule is Cc1nnc(S/C(=C/c2ccc(-c3cc([N+](=O)[O-])ccc3C)o2)C(=O)[O-])o1. The molecule has 0 bridgehead atoms. The average molecular weight is 386 g/mol. The maximum absolute atomic E-state index is 11.4. The van der Waals surface area contributed by atoms with Gasteiger partial charge >= 0.3 is 0 Å². The van der Waals surface area contributed by atoms with Gasteiger partial charge in [-0.2, -0.15) is 0 Å². The number of carboxylic acid groups (broad SMARTS) is 1. The van der Waals surface area contributed by atoms with Crippen molar-refractivity contribution in [2.45, 2.75) is 19.1 Å². The monoisotopic (exact) mass is 386 g/mol. The van der Waals surface area contributed by atoms with E-state index in [1.807, 2.05) is 0 Å². The van der Waals surface area contributed by atoms with Crippen molar-refractivity contribution < 1.29 is 23.7 Å². The van der Waals surface area contributed by atoms with Crippen LogP contribution < -0.4 is 5.11 Å². The van der Waals surface area contributed by atoms with E-state index >= 15 is 0 Å². The molecule has 0 atom stereocenters. The predicted molar refractivity (Wildman–Crippen MR) is 93.4 cm³/mol. The summed E-state index contributed by atoms with van der Waals surface area (Å²) in [6.45, 7) is 3.37. The Morgan fingerprint density at radius 3 is 2.59 bits per heavy atom. The van der Waals surface area contributed by atoms with Gasteiger partial charge in [0.2, 0.25) is 5.89 Å². The molecule has 138 valence electrons. The summed E-state index contributed by atoms with van der Waals surface area (Å²) in [5.74, 6) is -0.519. The lowest BCUT2D eigenvalue weighted by Gasteiger charge is -2.04. The average Bonchev–Trinajstić information content (AvgIpc) is 3.23. The molecule has 0 unspecified atom stereocenters. The Morgan fingerprint density at radius 2 is 1.96 bits per heavy atom. The van der Waals surface area contributed by atoms with Gasteiger partial charge in [-0.05, 0) is 42.5 Å². The summed E-state index contributed by atoms with van der Waals surface area (Å²) in [4.78, 5) is 21.6. The molecule has 3 aromatic rings. The molecule has 0 saturated heterocycles. The zero-order chi connectivity index (χ0) is 19.6. The largest absolute Gasteiger partial charge is 0.544 e. The molecule has 0 amide bonds. The number of hydrogen-bond acceptors (Lipinski definition) is 9. The molecule has 3 rings (SSSR count). The maximum Gasteiger partial charge on any atom is 0.281 e. The smallest absolute Gasteiger partial charge is 0.281 e. The number of aromatic nitrogens is 2. The highest BCUT2D eigenvalue weighted by atomic mass is 32.2. The van der Waals surface area contributed by atoms with Crippen LogP contribution in [0, 0.1) is 24.0 Å². The van der Waals surface area contributed by atoms with Crippen molar-refractivity contribution in [3.05, 3.63) is 62.6 Å². The number of benzene rings is 1. The number of furan rings is 1. The van der Waals surface area contributed by atoms with Gasteiger partial charge in [0.1, 0.15) is 11.5 Å². The lowest BCUT2D eigenvalue weighted by atomic mass is 10.1. The number of non-ortho nitro benzene ring substituents is 1. The summed E-state index contributed by atoms with van der Waals surface area (Å²) < 4.78 is 10.8. The van der Waals surface area contributed by atoms with Crippen LogP contribution in [0.3, 0.4) is 0 Å². The molecule has 0 radical (unpaired) electrons. The van der Waals surface area contributed by atoms with Gasteiger partial charge in [-0.3, -0.25) is 10.1 Å². The summed E-state index contributed by atoms with van der Waals surface area (Å²) in [6.07, 6.45) is 1.26. The second-order valence-corrected chi connectivity index (χ2v) is 6.44. The van der Waals surface area contributed by atoms with Crippen molar-refractivity contribution in [2.24, 2.45) is 0 Å². The summed E-state index contributed by atoms with van der Waals surface area (Å²) in [5, 5.41) is 29.7. The first-order valence-corrected chi connectivity index (χ1v) is 8.41. The Kier molecular flexibility index (Phi) is 5.08. The number of hydrogen-bond donors (Lipinski definition) is 0. The first kappa shape index (κ1) is 18.4. The van der Waals surface area contributed by atoms with Gasteiger partial charge in [0, 0.05) is 29.5 Å². The fourth-order valence-electron chi connectivity index (χ4n) is 2.24. The highest BCUT2D eigenvalue weighted by Gasteiger charge is 2.14. The molecule has 0 spiro atoms. The fraction of sp³-hybridized carbons (Fsp3) is 0.118. The van der Waals surface area contributed by atoms with E-state index in [9.17, 15) is 20.0 Å². The second-order valence-electron chi connectivity index (χ2n) is 5.44. The lowest BCUT2D eigenvalue weighted by Crippen LogP contribution is -2.22. The minimum absolute atomic E-state index is 0.0595. The molecule has 10 heteroatoms. The summed E-state index contributed by atoms with van der Waals surface area (Å²) in [7, 11) is 0. The maximum atomic E-state index is 11.4. The Labute approximate surface area is 156 Å². The number of rotatable bonds is 6. The number of nitro groups is 1.